The number of nitrogens with zero attached hydrogens (tertiary/aromatic N) is 1. The highest BCUT2D eigenvalue weighted by atomic mass is 16.4. The zero-order valence-electron chi connectivity index (χ0n) is 12.3. The summed E-state index contributed by atoms with van der Waals surface area (Å²) < 4.78 is 0. The lowest BCUT2D eigenvalue weighted by atomic mass is 10.1. The highest BCUT2D eigenvalue weighted by molar-refractivity contribution is 5.83. The number of hydrogen-bond acceptors (Lipinski definition) is 3. The van der Waals surface area contributed by atoms with Gasteiger partial charge in [-0.2, -0.15) is 0 Å². The molecule has 1 aliphatic heterocycles. The quantitative estimate of drug-likeness (QED) is 0.747. The van der Waals surface area contributed by atoms with Crippen LogP contribution in [0.5, 0.6) is 0 Å². The van der Waals surface area contributed by atoms with Gasteiger partial charge in [-0.25, -0.2) is 4.79 Å². The topological polar surface area (TPSA) is 98.7 Å². The Kier molecular flexibility index (Phi) is 4.98. The van der Waals surface area contributed by atoms with E-state index in [0.717, 1.165) is 5.56 Å². The van der Waals surface area contributed by atoms with E-state index in [2.05, 4.69) is 10.6 Å². The summed E-state index contributed by atoms with van der Waals surface area (Å²) >= 11 is 0. The fraction of sp³-hybridized carbons (Fsp3) is 0.400. The fourth-order valence-corrected chi connectivity index (χ4v) is 2.51. The lowest BCUT2D eigenvalue weighted by Crippen LogP contribution is -2.44. The number of hydrogen-bond donors (Lipinski definition) is 3. The van der Waals surface area contributed by atoms with Crippen molar-refractivity contribution in [1.29, 1.82) is 0 Å². The molecule has 3 amide bonds. The highest BCUT2D eigenvalue weighted by Crippen LogP contribution is 2.25. The first kappa shape index (κ1) is 15.8. The molecule has 7 heteroatoms. The molecule has 1 aliphatic rings. The van der Waals surface area contributed by atoms with Gasteiger partial charge in [0.2, 0.25) is 5.91 Å². The SMILES string of the molecule is CC(c1ccccc1)N1CC(NC(=O)NCC(=O)O)CC1=O. The van der Waals surface area contributed by atoms with Crippen LogP contribution in [0.3, 0.4) is 0 Å². The Morgan fingerprint density at radius 2 is 2.05 bits per heavy atom. The molecular weight excluding hydrogens is 286 g/mol. The third-order valence-corrected chi connectivity index (χ3v) is 3.64. The van der Waals surface area contributed by atoms with Crippen LogP contribution < -0.4 is 10.6 Å². The molecule has 2 rings (SSSR count). The third-order valence-electron chi connectivity index (χ3n) is 3.64. The summed E-state index contributed by atoms with van der Waals surface area (Å²) in [6.45, 7) is 1.91. The zero-order chi connectivity index (χ0) is 16.1. The normalized spacial score (nSPS) is 18.9. The van der Waals surface area contributed by atoms with Crippen molar-refractivity contribution in [3.05, 3.63) is 35.9 Å². The molecule has 1 fully saturated rings. The average Bonchev–Trinajstić information content (AvgIpc) is 2.85. The zero-order valence-corrected chi connectivity index (χ0v) is 12.3. The molecule has 1 aromatic carbocycles. The third kappa shape index (κ3) is 3.97. The second-order valence-electron chi connectivity index (χ2n) is 5.25. The van der Waals surface area contributed by atoms with Gasteiger partial charge in [0.05, 0.1) is 12.1 Å². The van der Waals surface area contributed by atoms with Crippen LogP contribution in [0.4, 0.5) is 4.79 Å². The first-order valence-electron chi connectivity index (χ1n) is 7.08. The Morgan fingerprint density at radius 3 is 2.68 bits per heavy atom. The molecule has 1 heterocycles. The monoisotopic (exact) mass is 305 g/mol. The van der Waals surface area contributed by atoms with Crippen LogP contribution in [0.25, 0.3) is 0 Å². The number of likely N-dealkylation sites (tertiary alicyclic amines) is 1. The molecule has 1 aromatic rings. The minimum Gasteiger partial charge on any atom is -0.480 e. The minimum atomic E-state index is -1.11. The van der Waals surface area contributed by atoms with E-state index >= 15 is 0 Å². The number of rotatable bonds is 5. The van der Waals surface area contributed by atoms with Crippen LogP contribution in [-0.4, -0.2) is 47.0 Å². The van der Waals surface area contributed by atoms with Crippen LogP contribution in [0.2, 0.25) is 0 Å². The van der Waals surface area contributed by atoms with Crippen LogP contribution in [0.15, 0.2) is 30.3 Å². The van der Waals surface area contributed by atoms with Gasteiger partial charge in [0.15, 0.2) is 0 Å². The smallest absolute Gasteiger partial charge is 0.323 e. The number of nitrogens with one attached hydrogen (secondary N) is 2. The van der Waals surface area contributed by atoms with Crippen LogP contribution in [-0.2, 0) is 9.59 Å². The standard InChI is InChI=1S/C15H19N3O4/c1-10(11-5-3-2-4-6-11)18-9-12(7-13(18)19)17-15(22)16-8-14(20)21/h2-6,10,12H,7-9H2,1H3,(H,20,21)(H2,16,17,22). The predicted molar refractivity (Wildman–Crippen MR) is 79.1 cm³/mol. The molecule has 7 nitrogen and oxygen atoms in total. The summed E-state index contributed by atoms with van der Waals surface area (Å²) in [7, 11) is 0. The second-order valence-corrected chi connectivity index (χ2v) is 5.25. The van der Waals surface area contributed by atoms with Gasteiger partial charge in [-0.3, -0.25) is 9.59 Å². The van der Waals surface area contributed by atoms with E-state index in [0.29, 0.717) is 6.54 Å². The summed E-state index contributed by atoms with van der Waals surface area (Å²) in [5.74, 6) is -1.14. The molecule has 0 saturated carbocycles. The molecule has 0 radical (unpaired) electrons. The summed E-state index contributed by atoms with van der Waals surface area (Å²) in [5, 5.41) is 13.3. The van der Waals surface area contributed by atoms with Crippen molar-refractivity contribution in [2.45, 2.75) is 25.4 Å². The second kappa shape index (κ2) is 6.93. The first-order valence-corrected chi connectivity index (χ1v) is 7.08. The van der Waals surface area contributed by atoms with Crippen molar-refractivity contribution in [1.82, 2.24) is 15.5 Å². The molecule has 0 bridgehead atoms. The number of carboxylic acid groups (broad SMARTS) is 1. The summed E-state index contributed by atoms with van der Waals surface area (Å²) in [5.41, 5.74) is 1.03. The van der Waals surface area contributed by atoms with E-state index in [1.807, 2.05) is 37.3 Å². The van der Waals surface area contributed by atoms with Gasteiger partial charge in [-0.15, -0.1) is 0 Å². The van der Waals surface area contributed by atoms with Gasteiger partial charge in [0.25, 0.3) is 0 Å². The van der Waals surface area contributed by atoms with Gasteiger partial charge in [0, 0.05) is 13.0 Å². The number of aliphatic carboxylic acids is 1. The Bertz CT molecular complexity index is 561. The Hall–Kier alpha value is -2.57. The van der Waals surface area contributed by atoms with E-state index in [1.165, 1.54) is 0 Å². The Balaban J connectivity index is 1.90. The molecule has 2 unspecified atom stereocenters. The molecule has 0 spiro atoms. The molecule has 2 atom stereocenters. The van der Waals surface area contributed by atoms with Crippen molar-refractivity contribution >= 4 is 17.9 Å². The lowest BCUT2D eigenvalue weighted by molar-refractivity contribution is -0.135. The van der Waals surface area contributed by atoms with E-state index in [9.17, 15) is 14.4 Å². The number of amides is 3. The van der Waals surface area contributed by atoms with Crippen LogP contribution in [0, 0.1) is 0 Å². The number of benzene rings is 1. The van der Waals surface area contributed by atoms with Crippen molar-refractivity contribution in [2.75, 3.05) is 13.1 Å². The molecular formula is C15H19N3O4. The molecule has 118 valence electrons. The fourth-order valence-electron chi connectivity index (χ4n) is 2.51. The van der Waals surface area contributed by atoms with Crippen molar-refractivity contribution in [2.24, 2.45) is 0 Å². The molecule has 0 aromatic heterocycles. The largest absolute Gasteiger partial charge is 0.480 e. The van der Waals surface area contributed by atoms with Crippen molar-refractivity contribution < 1.29 is 19.5 Å². The molecule has 22 heavy (non-hydrogen) atoms. The number of carbonyl (C=O) groups is 3. The predicted octanol–water partition coefficient (Wildman–Crippen LogP) is 0.732. The summed E-state index contributed by atoms with van der Waals surface area (Å²) in [4.78, 5) is 35.8. The van der Waals surface area contributed by atoms with Gasteiger partial charge in [0.1, 0.15) is 6.54 Å². The number of carboxylic acids is 1. The summed E-state index contributed by atoms with van der Waals surface area (Å²) in [6, 6.07) is 8.71. The van der Waals surface area contributed by atoms with Crippen molar-refractivity contribution in [3.63, 3.8) is 0 Å². The van der Waals surface area contributed by atoms with Crippen molar-refractivity contribution in [3.8, 4) is 0 Å². The molecule has 1 saturated heterocycles. The minimum absolute atomic E-state index is 0.0279. The Labute approximate surface area is 128 Å². The maximum absolute atomic E-state index is 12.1. The number of urea groups is 1. The van der Waals surface area contributed by atoms with E-state index in [4.69, 9.17) is 5.11 Å². The van der Waals surface area contributed by atoms with E-state index in [1.54, 1.807) is 4.90 Å². The van der Waals surface area contributed by atoms with E-state index < -0.39 is 18.5 Å². The van der Waals surface area contributed by atoms with Gasteiger partial charge < -0.3 is 20.6 Å². The Morgan fingerprint density at radius 1 is 1.36 bits per heavy atom. The van der Waals surface area contributed by atoms with E-state index in [-0.39, 0.29) is 24.4 Å². The van der Waals surface area contributed by atoms with Gasteiger partial charge >= 0.3 is 12.0 Å². The van der Waals surface area contributed by atoms with Crippen LogP contribution in [0.1, 0.15) is 24.9 Å². The maximum atomic E-state index is 12.1. The first-order chi connectivity index (χ1) is 10.5. The van der Waals surface area contributed by atoms with Crippen LogP contribution >= 0.6 is 0 Å². The van der Waals surface area contributed by atoms with Gasteiger partial charge in [-0.1, -0.05) is 30.3 Å². The molecule has 0 aliphatic carbocycles. The molecule has 3 N–H and O–H groups in total. The average molecular weight is 305 g/mol. The maximum Gasteiger partial charge on any atom is 0.323 e. The van der Waals surface area contributed by atoms with Gasteiger partial charge in [-0.05, 0) is 12.5 Å². The highest BCUT2D eigenvalue weighted by Gasteiger charge is 2.33. The lowest BCUT2D eigenvalue weighted by Gasteiger charge is -2.25. The summed E-state index contributed by atoms with van der Waals surface area (Å²) in [6.07, 6.45) is 0.220. The number of carbonyl (C=O) groups excluding carboxylic acids is 2.